The summed E-state index contributed by atoms with van der Waals surface area (Å²) in [6.45, 7) is 4.54. The Morgan fingerprint density at radius 2 is 1.63 bits per heavy atom. The summed E-state index contributed by atoms with van der Waals surface area (Å²) in [5.41, 5.74) is -0.801. The second-order valence-corrected chi connectivity index (χ2v) is 6.78. The van der Waals surface area contributed by atoms with E-state index in [-0.39, 0.29) is 12.4 Å². The van der Waals surface area contributed by atoms with Gasteiger partial charge in [0, 0.05) is 27.7 Å². The van der Waals surface area contributed by atoms with Crippen LogP contribution in [0, 0.1) is 11.3 Å². The van der Waals surface area contributed by atoms with E-state index in [2.05, 4.69) is 5.32 Å². The maximum absolute atomic E-state index is 11.6. The zero-order valence-corrected chi connectivity index (χ0v) is 16.2. The van der Waals surface area contributed by atoms with Gasteiger partial charge in [-0.05, 0) is 0 Å². The van der Waals surface area contributed by atoms with Crippen molar-refractivity contribution in [1.29, 1.82) is 5.26 Å². The number of amides is 1. The topological polar surface area (TPSA) is 141 Å². The fourth-order valence-electron chi connectivity index (χ4n) is 2.55. The molecule has 0 saturated carbocycles. The van der Waals surface area contributed by atoms with Gasteiger partial charge in [0.25, 0.3) is 0 Å². The van der Waals surface area contributed by atoms with Crippen LogP contribution in [0.3, 0.4) is 0 Å². The minimum absolute atomic E-state index is 0.0338. The summed E-state index contributed by atoms with van der Waals surface area (Å²) in [7, 11) is 0. The summed E-state index contributed by atoms with van der Waals surface area (Å²) in [6, 6.07) is 1.06. The Balaban J connectivity index is 3.25. The Morgan fingerprint density at radius 3 is 2.11 bits per heavy atom. The first-order valence-corrected chi connectivity index (χ1v) is 9.09. The minimum atomic E-state index is -1.12. The van der Waals surface area contributed by atoms with Crippen LogP contribution in [-0.2, 0) is 38.1 Å². The first-order valence-electron chi connectivity index (χ1n) is 8.04. The Bertz CT molecular complexity index is 620. The molecular weight excluding hydrogens is 380 g/mol. The smallest absolute Gasteiger partial charge is 0.303 e. The van der Waals surface area contributed by atoms with E-state index in [1.165, 1.54) is 20.8 Å². The third-order valence-electron chi connectivity index (χ3n) is 3.38. The van der Waals surface area contributed by atoms with E-state index in [4.69, 9.17) is 24.2 Å². The highest BCUT2D eigenvalue weighted by Gasteiger charge is 2.50. The molecule has 1 amide bonds. The van der Waals surface area contributed by atoms with Gasteiger partial charge in [0.15, 0.2) is 12.2 Å². The molecular formula is C16H22N2O8S. The highest BCUT2D eigenvalue weighted by atomic mass is 32.2. The van der Waals surface area contributed by atoms with Crippen LogP contribution in [0.15, 0.2) is 0 Å². The van der Waals surface area contributed by atoms with Crippen LogP contribution in [0.25, 0.3) is 0 Å². The molecule has 1 rings (SSSR count). The number of nitrogens with zero attached hydrogens (tertiary/aromatic N) is 1. The standard InChI is InChI=1S/C16H22N2O8S/c1-8(19)18-13-15(25-11(4)22)14(24-10(3)21)12(7-23-9(2)20)26-16(13)27-6-5-17/h12-16H,6-7H2,1-4H3,(H,18,19). The van der Waals surface area contributed by atoms with E-state index < -0.39 is 53.6 Å². The van der Waals surface area contributed by atoms with E-state index in [0.29, 0.717) is 0 Å². The average molecular weight is 402 g/mol. The highest BCUT2D eigenvalue weighted by molar-refractivity contribution is 8.00. The highest BCUT2D eigenvalue weighted by Crippen LogP contribution is 2.32. The molecule has 0 spiro atoms. The molecule has 27 heavy (non-hydrogen) atoms. The predicted octanol–water partition coefficient (Wildman–Crippen LogP) is -0.101. The lowest BCUT2D eigenvalue weighted by Crippen LogP contribution is -2.65. The van der Waals surface area contributed by atoms with Gasteiger partial charge < -0.3 is 24.3 Å². The molecule has 10 nitrogen and oxygen atoms in total. The number of hydrogen-bond donors (Lipinski definition) is 1. The molecule has 1 fully saturated rings. The SMILES string of the molecule is CC(=O)NC1C(SCC#N)OC(COC(C)=O)C(OC(C)=O)C1OC(C)=O. The molecule has 5 unspecified atom stereocenters. The molecule has 11 heteroatoms. The van der Waals surface area contributed by atoms with Gasteiger partial charge in [0.05, 0.1) is 11.8 Å². The lowest BCUT2D eigenvalue weighted by molar-refractivity contribution is -0.211. The van der Waals surface area contributed by atoms with Gasteiger partial charge in [0.2, 0.25) is 5.91 Å². The molecule has 0 aromatic rings. The van der Waals surface area contributed by atoms with E-state index in [1.807, 2.05) is 6.07 Å². The Hall–Kier alpha value is -2.32. The lowest BCUT2D eigenvalue weighted by atomic mass is 9.97. The van der Waals surface area contributed by atoms with Crippen molar-refractivity contribution in [2.24, 2.45) is 0 Å². The summed E-state index contributed by atoms with van der Waals surface area (Å²) in [5, 5.41) is 11.5. The van der Waals surface area contributed by atoms with Crippen LogP contribution in [0.2, 0.25) is 0 Å². The number of esters is 3. The number of carbonyl (C=O) groups excluding carboxylic acids is 4. The van der Waals surface area contributed by atoms with Crippen molar-refractivity contribution in [2.45, 2.75) is 57.5 Å². The second-order valence-electron chi connectivity index (χ2n) is 5.69. The van der Waals surface area contributed by atoms with Crippen LogP contribution in [0.1, 0.15) is 27.7 Å². The normalized spacial score (nSPS) is 27.0. The zero-order valence-electron chi connectivity index (χ0n) is 15.4. The van der Waals surface area contributed by atoms with Gasteiger partial charge in [-0.3, -0.25) is 19.2 Å². The molecule has 0 aromatic heterocycles. The number of hydrogen-bond acceptors (Lipinski definition) is 10. The zero-order chi connectivity index (χ0) is 20.6. The maximum Gasteiger partial charge on any atom is 0.303 e. The monoisotopic (exact) mass is 402 g/mol. The fourth-order valence-corrected chi connectivity index (χ4v) is 3.44. The van der Waals surface area contributed by atoms with Crippen molar-refractivity contribution in [1.82, 2.24) is 5.32 Å². The largest absolute Gasteiger partial charge is 0.463 e. The van der Waals surface area contributed by atoms with E-state index in [9.17, 15) is 19.2 Å². The van der Waals surface area contributed by atoms with Crippen LogP contribution in [0.4, 0.5) is 0 Å². The van der Waals surface area contributed by atoms with Crippen molar-refractivity contribution in [2.75, 3.05) is 12.4 Å². The number of nitrogens with one attached hydrogen (secondary N) is 1. The van der Waals surface area contributed by atoms with E-state index in [0.717, 1.165) is 18.7 Å². The first-order chi connectivity index (χ1) is 12.6. The van der Waals surface area contributed by atoms with Gasteiger partial charge in [-0.25, -0.2) is 0 Å². The molecule has 0 aliphatic carbocycles. The number of rotatable bonds is 7. The van der Waals surface area contributed by atoms with Gasteiger partial charge in [-0.15, -0.1) is 11.8 Å². The first kappa shape index (κ1) is 22.7. The summed E-state index contributed by atoms with van der Waals surface area (Å²) in [6.07, 6.45) is -3.18. The van der Waals surface area contributed by atoms with Crippen molar-refractivity contribution in [3.8, 4) is 6.07 Å². The predicted molar refractivity (Wildman–Crippen MR) is 92.1 cm³/mol. The molecule has 1 saturated heterocycles. The van der Waals surface area contributed by atoms with Crippen molar-refractivity contribution < 1.29 is 38.1 Å². The molecule has 1 N–H and O–H groups in total. The van der Waals surface area contributed by atoms with Crippen LogP contribution in [-0.4, -0.2) is 66.0 Å². The number of ether oxygens (including phenoxy) is 4. The van der Waals surface area contributed by atoms with Gasteiger partial charge >= 0.3 is 17.9 Å². The third-order valence-corrected chi connectivity index (χ3v) is 4.41. The average Bonchev–Trinajstić information content (AvgIpc) is 2.54. The molecule has 5 atom stereocenters. The number of thioether (sulfide) groups is 1. The summed E-state index contributed by atoms with van der Waals surface area (Å²) < 4.78 is 21.4. The molecule has 150 valence electrons. The van der Waals surface area contributed by atoms with Gasteiger partial charge in [0.1, 0.15) is 24.2 Å². The summed E-state index contributed by atoms with van der Waals surface area (Å²) in [4.78, 5) is 45.9. The molecule has 0 bridgehead atoms. The van der Waals surface area contributed by atoms with Crippen LogP contribution >= 0.6 is 11.8 Å². The quantitative estimate of drug-likeness (QED) is 0.453. The van der Waals surface area contributed by atoms with Crippen LogP contribution in [0.5, 0.6) is 0 Å². The Kier molecular flexibility index (Phi) is 9.04. The molecule has 1 aliphatic heterocycles. The number of carbonyl (C=O) groups is 4. The fraction of sp³-hybridized carbons (Fsp3) is 0.688. The molecule has 1 heterocycles. The third kappa shape index (κ3) is 7.44. The van der Waals surface area contributed by atoms with Gasteiger partial charge in [-0.1, -0.05) is 0 Å². The van der Waals surface area contributed by atoms with E-state index in [1.54, 1.807) is 0 Å². The van der Waals surface area contributed by atoms with Crippen molar-refractivity contribution >= 4 is 35.6 Å². The molecule has 0 radical (unpaired) electrons. The van der Waals surface area contributed by atoms with E-state index >= 15 is 0 Å². The maximum atomic E-state index is 11.6. The Labute approximate surface area is 160 Å². The minimum Gasteiger partial charge on any atom is -0.463 e. The Morgan fingerprint density at radius 1 is 1.04 bits per heavy atom. The molecule has 0 aromatic carbocycles. The lowest BCUT2D eigenvalue weighted by Gasteiger charge is -2.44. The van der Waals surface area contributed by atoms with Crippen molar-refractivity contribution in [3.05, 3.63) is 0 Å². The van der Waals surface area contributed by atoms with Crippen LogP contribution < -0.4 is 5.32 Å². The summed E-state index contributed by atoms with van der Waals surface area (Å²) in [5.74, 6) is -2.30. The summed E-state index contributed by atoms with van der Waals surface area (Å²) >= 11 is 1.07. The van der Waals surface area contributed by atoms with Crippen molar-refractivity contribution in [3.63, 3.8) is 0 Å². The number of nitriles is 1. The van der Waals surface area contributed by atoms with Gasteiger partial charge in [-0.2, -0.15) is 5.26 Å². The molecule has 1 aliphatic rings. The second kappa shape index (κ2) is 10.7.